The number of aliphatic hydroxyl groups is 1. The SMILES string of the molecule is C=C[C@@H]1/C(=C/C2OCCO2)[C@@H](O)C[C@H]1C. The molecule has 1 aliphatic carbocycles. The van der Waals surface area contributed by atoms with Gasteiger partial charge in [-0.1, -0.05) is 13.0 Å². The van der Waals surface area contributed by atoms with E-state index in [0.29, 0.717) is 19.1 Å². The normalized spacial score (nSPS) is 40.1. The fourth-order valence-electron chi connectivity index (χ4n) is 2.41. The summed E-state index contributed by atoms with van der Waals surface area (Å²) in [5, 5.41) is 9.89. The van der Waals surface area contributed by atoms with Gasteiger partial charge in [0.2, 0.25) is 0 Å². The lowest BCUT2D eigenvalue weighted by atomic mass is 9.95. The van der Waals surface area contributed by atoms with Gasteiger partial charge in [-0.2, -0.15) is 0 Å². The van der Waals surface area contributed by atoms with Crippen molar-refractivity contribution < 1.29 is 14.6 Å². The molecule has 15 heavy (non-hydrogen) atoms. The molecule has 1 aliphatic heterocycles. The zero-order valence-electron chi connectivity index (χ0n) is 9.06. The molecule has 1 N–H and O–H groups in total. The lowest BCUT2D eigenvalue weighted by molar-refractivity contribution is -0.00318. The molecule has 0 amide bonds. The van der Waals surface area contributed by atoms with Gasteiger partial charge >= 0.3 is 0 Å². The van der Waals surface area contributed by atoms with Crippen LogP contribution in [0.4, 0.5) is 0 Å². The van der Waals surface area contributed by atoms with E-state index in [-0.39, 0.29) is 18.3 Å². The van der Waals surface area contributed by atoms with Crippen molar-refractivity contribution in [2.24, 2.45) is 11.8 Å². The zero-order valence-corrected chi connectivity index (χ0v) is 9.06. The first-order valence-corrected chi connectivity index (χ1v) is 5.48. The van der Waals surface area contributed by atoms with Gasteiger partial charge in [-0.25, -0.2) is 0 Å². The molecule has 0 bridgehead atoms. The Bertz CT molecular complexity index is 266. The molecule has 2 rings (SSSR count). The first kappa shape index (κ1) is 10.9. The summed E-state index contributed by atoms with van der Waals surface area (Å²) >= 11 is 0. The van der Waals surface area contributed by atoms with Crippen LogP contribution in [0.15, 0.2) is 24.3 Å². The minimum atomic E-state index is -0.365. The van der Waals surface area contributed by atoms with Crippen molar-refractivity contribution in [3.8, 4) is 0 Å². The second kappa shape index (κ2) is 4.47. The summed E-state index contributed by atoms with van der Waals surface area (Å²) in [7, 11) is 0. The van der Waals surface area contributed by atoms with E-state index in [1.807, 2.05) is 12.2 Å². The largest absolute Gasteiger partial charge is 0.389 e. The fraction of sp³-hybridized carbons (Fsp3) is 0.667. The van der Waals surface area contributed by atoms with Gasteiger partial charge in [0.25, 0.3) is 0 Å². The van der Waals surface area contributed by atoms with Crippen molar-refractivity contribution in [1.29, 1.82) is 0 Å². The van der Waals surface area contributed by atoms with Crippen LogP contribution in [0.2, 0.25) is 0 Å². The van der Waals surface area contributed by atoms with Crippen molar-refractivity contribution in [2.75, 3.05) is 13.2 Å². The highest BCUT2D eigenvalue weighted by Crippen LogP contribution is 2.37. The predicted molar refractivity (Wildman–Crippen MR) is 57.2 cm³/mol. The fourth-order valence-corrected chi connectivity index (χ4v) is 2.41. The van der Waals surface area contributed by atoms with Crippen LogP contribution in [0.5, 0.6) is 0 Å². The first-order valence-electron chi connectivity index (χ1n) is 5.48. The molecular weight excluding hydrogens is 192 g/mol. The highest BCUT2D eigenvalue weighted by Gasteiger charge is 2.34. The van der Waals surface area contributed by atoms with Crippen molar-refractivity contribution in [3.63, 3.8) is 0 Å². The Balaban J connectivity index is 2.13. The quantitative estimate of drug-likeness (QED) is 0.702. The van der Waals surface area contributed by atoms with Crippen LogP contribution in [-0.2, 0) is 9.47 Å². The third-order valence-electron chi connectivity index (χ3n) is 3.21. The van der Waals surface area contributed by atoms with E-state index < -0.39 is 0 Å². The molecular formula is C12H18O3. The van der Waals surface area contributed by atoms with Gasteiger partial charge in [0.1, 0.15) is 0 Å². The summed E-state index contributed by atoms with van der Waals surface area (Å²) in [4.78, 5) is 0. The highest BCUT2D eigenvalue weighted by atomic mass is 16.7. The van der Waals surface area contributed by atoms with Crippen LogP contribution in [0.3, 0.4) is 0 Å². The lowest BCUT2D eigenvalue weighted by Crippen LogP contribution is -2.12. The van der Waals surface area contributed by atoms with Crippen LogP contribution in [-0.4, -0.2) is 30.7 Å². The number of hydrogen-bond acceptors (Lipinski definition) is 3. The molecule has 1 saturated carbocycles. The molecule has 2 fully saturated rings. The van der Waals surface area contributed by atoms with Crippen molar-refractivity contribution in [2.45, 2.75) is 25.7 Å². The predicted octanol–water partition coefficient (Wildman–Crippen LogP) is 1.49. The Morgan fingerprint density at radius 2 is 2.07 bits per heavy atom. The number of aliphatic hydroxyl groups excluding tert-OH is 1. The van der Waals surface area contributed by atoms with E-state index >= 15 is 0 Å². The van der Waals surface area contributed by atoms with Gasteiger partial charge in [-0.05, 0) is 24.0 Å². The molecule has 1 heterocycles. The third kappa shape index (κ3) is 2.14. The Labute approximate surface area is 90.4 Å². The molecule has 3 nitrogen and oxygen atoms in total. The van der Waals surface area contributed by atoms with E-state index in [1.165, 1.54) is 0 Å². The van der Waals surface area contributed by atoms with Crippen LogP contribution >= 0.6 is 0 Å². The lowest BCUT2D eigenvalue weighted by Gasteiger charge is -2.14. The molecule has 0 radical (unpaired) electrons. The number of allylic oxidation sites excluding steroid dienone is 1. The molecule has 3 heteroatoms. The van der Waals surface area contributed by atoms with Gasteiger partial charge in [0.15, 0.2) is 6.29 Å². The maximum atomic E-state index is 9.89. The molecule has 1 saturated heterocycles. The van der Waals surface area contributed by atoms with Crippen LogP contribution in [0.1, 0.15) is 13.3 Å². The molecule has 2 aliphatic rings. The van der Waals surface area contributed by atoms with E-state index in [1.54, 1.807) is 0 Å². The van der Waals surface area contributed by atoms with E-state index in [9.17, 15) is 5.11 Å². The molecule has 0 aromatic carbocycles. The minimum absolute atomic E-state index is 0.257. The molecule has 84 valence electrons. The first-order chi connectivity index (χ1) is 7.22. The van der Waals surface area contributed by atoms with E-state index in [2.05, 4.69) is 13.5 Å². The monoisotopic (exact) mass is 210 g/mol. The maximum Gasteiger partial charge on any atom is 0.177 e. The number of ether oxygens (including phenoxy) is 2. The molecule has 3 atom stereocenters. The number of hydrogen-bond donors (Lipinski definition) is 1. The average molecular weight is 210 g/mol. The molecule has 0 unspecified atom stereocenters. The second-order valence-electron chi connectivity index (χ2n) is 4.27. The third-order valence-corrected chi connectivity index (χ3v) is 3.21. The Kier molecular flexibility index (Phi) is 3.24. The molecule has 0 aromatic heterocycles. The van der Waals surface area contributed by atoms with Crippen molar-refractivity contribution in [3.05, 3.63) is 24.3 Å². The second-order valence-corrected chi connectivity index (χ2v) is 4.27. The topological polar surface area (TPSA) is 38.7 Å². The van der Waals surface area contributed by atoms with Crippen molar-refractivity contribution in [1.82, 2.24) is 0 Å². The Morgan fingerprint density at radius 3 is 2.67 bits per heavy atom. The van der Waals surface area contributed by atoms with E-state index in [4.69, 9.17) is 9.47 Å². The summed E-state index contributed by atoms with van der Waals surface area (Å²) in [6.45, 7) is 7.23. The highest BCUT2D eigenvalue weighted by molar-refractivity contribution is 5.24. The zero-order chi connectivity index (χ0) is 10.8. The van der Waals surface area contributed by atoms with Crippen LogP contribution < -0.4 is 0 Å². The smallest absolute Gasteiger partial charge is 0.177 e. The van der Waals surface area contributed by atoms with E-state index in [0.717, 1.165) is 12.0 Å². The van der Waals surface area contributed by atoms with Crippen molar-refractivity contribution >= 4 is 0 Å². The summed E-state index contributed by atoms with van der Waals surface area (Å²) in [6.07, 6.45) is 3.97. The average Bonchev–Trinajstić information content (AvgIpc) is 2.77. The summed E-state index contributed by atoms with van der Waals surface area (Å²) < 4.78 is 10.7. The standard InChI is InChI=1S/C12H18O3/c1-3-9-8(2)6-11(13)10(9)7-12-14-4-5-15-12/h3,7-9,11-13H,1,4-6H2,2H3/b10-7-/t8-,9+,11+/m1/s1. The summed E-state index contributed by atoms with van der Waals surface area (Å²) in [6, 6.07) is 0. The van der Waals surface area contributed by atoms with Crippen LogP contribution in [0.25, 0.3) is 0 Å². The van der Waals surface area contributed by atoms with Gasteiger partial charge in [-0.15, -0.1) is 6.58 Å². The Hall–Kier alpha value is -0.640. The molecule has 0 spiro atoms. The van der Waals surface area contributed by atoms with Gasteiger partial charge < -0.3 is 14.6 Å². The van der Waals surface area contributed by atoms with Crippen LogP contribution in [0, 0.1) is 11.8 Å². The molecule has 0 aromatic rings. The van der Waals surface area contributed by atoms with Gasteiger partial charge in [-0.3, -0.25) is 0 Å². The number of rotatable bonds is 2. The maximum absolute atomic E-state index is 9.89. The summed E-state index contributed by atoms with van der Waals surface area (Å²) in [5.41, 5.74) is 1.00. The summed E-state index contributed by atoms with van der Waals surface area (Å²) in [5.74, 6) is 0.706. The van der Waals surface area contributed by atoms with Gasteiger partial charge in [0, 0.05) is 5.92 Å². The minimum Gasteiger partial charge on any atom is -0.389 e. The Morgan fingerprint density at radius 1 is 1.40 bits per heavy atom. The van der Waals surface area contributed by atoms with Gasteiger partial charge in [0.05, 0.1) is 19.3 Å².